The summed E-state index contributed by atoms with van der Waals surface area (Å²) in [5.74, 6) is 0. The molecule has 106 valence electrons. The highest BCUT2D eigenvalue weighted by Gasteiger charge is 2.43. The number of hydrogen-bond acceptors (Lipinski definition) is 2. The van der Waals surface area contributed by atoms with E-state index >= 15 is 0 Å². The molecule has 2 nitrogen and oxygen atoms in total. The second kappa shape index (κ2) is 5.04. The van der Waals surface area contributed by atoms with Crippen molar-refractivity contribution in [3.63, 3.8) is 0 Å². The van der Waals surface area contributed by atoms with Gasteiger partial charge in [-0.15, -0.1) is 0 Å². The van der Waals surface area contributed by atoms with Crippen LogP contribution in [0.25, 0.3) is 0 Å². The van der Waals surface area contributed by atoms with Crippen LogP contribution in [0.3, 0.4) is 0 Å². The molecule has 2 N–H and O–H groups in total. The van der Waals surface area contributed by atoms with Crippen LogP contribution in [-0.4, -0.2) is 10.2 Å². The minimum atomic E-state index is -1.06. The van der Waals surface area contributed by atoms with Crippen molar-refractivity contribution >= 4 is 0 Å². The Morgan fingerprint density at radius 1 is 0.600 bits per heavy atom. The lowest BCUT2D eigenvalue weighted by Gasteiger charge is -2.41. The van der Waals surface area contributed by atoms with Crippen LogP contribution in [0.1, 0.15) is 49.9 Å². The van der Waals surface area contributed by atoms with Gasteiger partial charge in [0, 0.05) is 0 Å². The smallest absolute Gasteiger partial charge is 0.113 e. The van der Waals surface area contributed by atoms with Crippen molar-refractivity contribution in [1.82, 2.24) is 0 Å². The van der Waals surface area contributed by atoms with Crippen LogP contribution in [0.4, 0.5) is 0 Å². The van der Waals surface area contributed by atoms with E-state index in [1.165, 1.54) is 0 Å². The maximum Gasteiger partial charge on any atom is 0.113 e. The van der Waals surface area contributed by atoms with Gasteiger partial charge in [-0.3, -0.25) is 0 Å². The molecule has 0 heterocycles. The fourth-order valence-electron chi connectivity index (χ4n) is 2.95. The second-order valence-electron chi connectivity index (χ2n) is 5.24. The first kappa shape index (κ1) is 14.8. The normalized spacial score (nSPS) is 26.9. The molecule has 2 aromatic carbocycles. The monoisotopic (exact) mass is 270 g/mol. The molecule has 0 bridgehead atoms. The van der Waals surface area contributed by atoms with Gasteiger partial charge in [-0.2, -0.15) is 0 Å². The molecule has 0 spiro atoms. The molecule has 2 heteroatoms. The fraction of sp³-hybridized carbons (Fsp3) is 0.333. The highest BCUT2D eigenvalue weighted by molar-refractivity contribution is 5.55. The van der Waals surface area contributed by atoms with Crippen LogP contribution >= 0.6 is 0 Å². The van der Waals surface area contributed by atoms with Crippen molar-refractivity contribution < 1.29 is 10.2 Å². The third kappa shape index (κ3) is 1.96. The standard InChI is InChI=1S/C16H16O2.C2H6/c1-15(17)11-7-3-5-9-13(11)16(2,18)14-10-6-4-8-12(14)15;1-2/h3-10,17-18H,1-2H3;1-2H3. The molecule has 1 aliphatic carbocycles. The zero-order chi connectivity index (χ0) is 15.0. The van der Waals surface area contributed by atoms with Gasteiger partial charge in [0.1, 0.15) is 11.2 Å². The van der Waals surface area contributed by atoms with Crippen molar-refractivity contribution in [2.24, 2.45) is 0 Å². The van der Waals surface area contributed by atoms with E-state index in [0.29, 0.717) is 0 Å². The van der Waals surface area contributed by atoms with Crippen molar-refractivity contribution in [3.05, 3.63) is 70.8 Å². The number of aliphatic hydroxyl groups is 2. The quantitative estimate of drug-likeness (QED) is 0.768. The topological polar surface area (TPSA) is 40.5 Å². The molecule has 0 aromatic heterocycles. The van der Waals surface area contributed by atoms with Crippen LogP contribution < -0.4 is 0 Å². The SMILES string of the molecule is CC.CC1(O)c2ccccc2C(C)(O)c2ccccc21. The van der Waals surface area contributed by atoms with Gasteiger partial charge in [-0.1, -0.05) is 62.4 Å². The zero-order valence-corrected chi connectivity index (χ0v) is 12.5. The van der Waals surface area contributed by atoms with Crippen molar-refractivity contribution in [2.45, 2.75) is 38.9 Å². The van der Waals surface area contributed by atoms with Crippen molar-refractivity contribution in [2.75, 3.05) is 0 Å². The minimum Gasteiger partial charge on any atom is -0.381 e. The predicted octanol–water partition coefficient (Wildman–Crippen LogP) is 3.54. The molecular formula is C18H22O2. The van der Waals surface area contributed by atoms with Crippen molar-refractivity contribution in [3.8, 4) is 0 Å². The number of benzene rings is 2. The average Bonchev–Trinajstić information content (AvgIpc) is 2.48. The Hall–Kier alpha value is -1.64. The molecule has 0 atom stereocenters. The molecule has 1 aliphatic rings. The van der Waals surface area contributed by atoms with Gasteiger partial charge < -0.3 is 10.2 Å². The zero-order valence-electron chi connectivity index (χ0n) is 12.5. The maximum absolute atomic E-state index is 10.8. The summed E-state index contributed by atoms with van der Waals surface area (Å²) in [7, 11) is 0. The summed E-state index contributed by atoms with van der Waals surface area (Å²) in [4.78, 5) is 0. The Morgan fingerprint density at radius 2 is 0.800 bits per heavy atom. The second-order valence-corrected chi connectivity index (χ2v) is 5.24. The molecule has 20 heavy (non-hydrogen) atoms. The van der Waals surface area contributed by atoms with Gasteiger partial charge >= 0.3 is 0 Å². The Balaban J connectivity index is 0.000000704. The Bertz CT molecular complexity index is 507. The molecule has 0 amide bonds. The van der Waals surface area contributed by atoms with Crippen LogP contribution in [-0.2, 0) is 11.2 Å². The minimum absolute atomic E-state index is 0.772. The number of fused-ring (bicyclic) bond motifs is 2. The first-order valence-corrected chi connectivity index (χ1v) is 7.10. The highest BCUT2D eigenvalue weighted by atomic mass is 16.3. The molecular weight excluding hydrogens is 248 g/mol. The summed E-state index contributed by atoms with van der Waals surface area (Å²) in [6.45, 7) is 7.56. The highest BCUT2D eigenvalue weighted by Crippen LogP contribution is 2.46. The molecule has 0 radical (unpaired) electrons. The molecule has 0 saturated carbocycles. The van der Waals surface area contributed by atoms with Crippen LogP contribution in [0.5, 0.6) is 0 Å². The van der Waals surface area contributed by atoms with E-state index in [9.17, 15) is 10.2 Å². The average molecular weight is 270 g/mol. The summed E-state index contributed by atoms with van der Waals surface area (Å²) >= 11 is 0. The lowest BCUT2D eigenvalue weighted by Crippen LogP contribution is -2.39. The summed E-state index contributed by atoms with van der Waals surface area (Å²) < 4.78 is 0. The van der Waals surface area contributed by atoms with E-state index in [2.05, 4.69) is 0 Å². The molecule has 2 aromatic rings. The third-order valence-corrected chi connectivity index (χ3v) is 3.95. The van der Waals surface area contributed by atoms with Gasteiger partial charge in [-0.25, -0.2) is 0 Å². The van der Waals surface area contributed by atoms with Gasteiger partial charge in [0.2, 0.25) is 0 Å². The summed E-state index contributed by atoms with van der Waals surface area (Å²) in [5, 5.41) is 21.6. The van der Waals surface area contributed by atoms with E-state index in [-0.39, 0.29) is 0 Å². The summed E-state index contributed by atoms with van der Waals surface area (Å²) in [5.41, 5.74) is 0.968. The number of rotatable bonds is 0. The maximum atomic E-state index is 10.8. The third-order valence-electron chi connectivity index (χ3n) is 3.95. The van der Waals surface area contributed by atoms with Gasteiger partial charge in [0.05, 0.1) is 0 Å². The van der Waals surface area contributed by atoms with Crippen LogP contribution in [0.15, 0.2) is 48.5 Å². The molecule has 0 fully saturated rings. The van der Waals surface area contributed by atoms with Crippen LogP contribution in [0, 0.1) is 0 Å². The molecule has 0 aliphatic heterocycles. The predicted molar refractivity (Wildman–Crippen MR) is 81.6 cm³/mol. The Labute approximate surface area is 120 Å². The summed E-state index contributed by atoms with van der Waals surface area (Å²) in [6, 6.07) is 15.0. The van der Waals surface area contributed by atoms with E-state index in [1.807, 2.05) is 62.4 Å². The van der Waals surface area contributed by atoms with Crippen molar-refractivity contribution in [1.29, 1.82) is 0 Å². The Kier molecular flexibility index (Phi) is 3.72. The van der Waals surface area contributed by atoms with E-state index in [4.69, 9.17) is 0 Å². The first-order valence-electron chi connectivity index (χ1n) is 7.10. The first-order chi connectivity index (χ1) is 9.45. The summed E-state index contributed by atoms with van der Waals surface area (Å²) in [6.07, 6.45) is 0. The van der Waals surface area contributed by atoms with E-state index in [1.54, 1.807) is 13.8 Å². The lowest BCUT2D eigenvalue weighted by atomic mass is 9.69. The molecule has 0 unspecified atom stereocenters. The molecule has 3 rings (SSSR count). The van der Waals surface area contributed by atoms with E-state index < -0.39 is 11.2 Å². The van der Waals surface area contributed by atoms with Gasteiger partial charge in [-0.05, 0) is 36.1 Å². The van der Waals surface area contributed by atoms with Crippen LogP contribution in [0.2, 0.25) is 0 Å². The Morgan fingerprint density at radius 3 is 1.00 bits per heavy atom. The van der Waals surface area contributed by atoms with Gasteiger partial charge in [0.25, 0.3) is 0 Å². The number of hydrogen-bond donors (Lipinski definition) is 2. The molecule has 0 saturated heterocycles. The van der Waals surface area contributed by atoms with Gasteiger partial charge in [0.15, 0.2) is 0 Å². The fourth-order valence-corrected chi connectivity index (χ4v) is 2.95. The van der Waals surface area contributed by atoms with E-state index in [0.717, 1.165) is 22.3 Å². The largest absolute Gasteiger partial charge is 0.381 e. The lowest BCUT2D eigenvalue weighted by molar-refractivity contribution is 0.0509.